The van der Waals surface area contributed by atoms with Crippen LogP contribution in [-0.2, 0) is 4.79 Å². The highest BCUT2D eigenvalue weighted by atomic mass is 79.9. The van der Waals surface area contributed by atoms with Crippen LogP contribution in [0.2, 0.25) is 0 Å². The average molecular weight is 328 g/mol. The quantitative estimate of drug-likeness (QED) is 0.763. The van der Waals surface area contributed by atoms with Crippen LogP contribution in [0, 0.1) is 23.2 Å². The Morgan fingerprint density at radius 2 is 1.74 bits per heavy atom. The zero-order valence-corrected chi connectivity index (χ0v) is 13.5. The van der Waals surface area contributed by atoms with Crippen LogP contribution in [0.1, 0.15) is 58.3 Å². The molecule has 1 N–H and O–H groups in total. The van der Waals surface area contributed by atoms with E-state index >= 15 is 0 Å². The van der Waals surface area contributed by atoms with Crippen LogP contribution in [0.5, 0.6) is 0 Å². The van der Waals surface area contributed by atoms with Crippen molar-refractivity contribution in [1.29, 1.82) is 0 Å². The highest BCUT2D eigenvalue weighted by Crippen LogP contribution is 2.61. The third kappa shape index (κ3) is 3.17. The third-order valence-corrected chi connectivity index (χ3v) is 6.02. The van der Waals surface area contributed by atoms with Gasteiger partial charge in [0.1, 0.15) is 0 Å². The molecule has 4 fully saturated rings. The molecule has 0 radical (unpaired) electrons. The highest BCUT2D eigenvalue weighted by molar-refractivity contribution is 9.09. The maximum Gasteiger partial charge on any atom is 0.220 e. The maximum atomic E-state index is 12.2. The molecule has 3 heteroatoms. The van der Waals surface area contributed by atoms with E-state index in [2.05, 4.69) is 28.2 Å². The van der Waals surface area contributed by atoms with E-state index < -0.39 is 0 Å². The molecule has 1 amide bonds. The van der Waals surface area contributed by atoms with Gasteiger partial charge in [-0.1, -0.05) is 22.9 Å². The molecule has 4 aliphatic carbocycles. The average Bonchev–Trinajstić information content (AvgIpc) is 2.25. The summed E-state index contributed by atoms with van der Waals surface area (Å²) >= 11 is 3.53. The predicted molar refractivity (Wildman–Crippen MR) is 81.2 cm³/mol. The van der Waals surface area contributed by atoms with E-state index in [-0.39, 0.29) is 0 Å². The van der Waals surface area contributed by atoms with Crippen LogP contribution >= 0.6 is 15.9 Å². The van der Waals surface area contributed by atoms with Gasteiger partial charge in [-0.25, -0.2) is 0 Å². The summed E-state index contributed by atoms with van der Waals surface area (Å²) in [6.07, 6.45) is 10.2. The summed E-state index contributed by atoms with van der Waals surface area (Å²) in [5.74, 6) is 3.14. The Morgan fingerprint density at radius 3 is 2.21 bits per heavy atom. The van der Waals surface area contributed by atoms with Gasteiger partial charge in [0.05, 0.1) is 0 Å². The molecule has 19 heavy (non-hydrogen) atoms. The number of hydrogen-bond donors (Lipinski definition) is 1. The molecule has 4 bridgehead atoms. The van der Waals surface area contributed by atoms with Crippen molar-refractivity contribution in [3.63, 3.8) is 0 Å². The van der Waals surface area contributed by atoms with Crippen molar-refractivity contribution < 1.29 is 4.79 Å². The molecule has 0 aromatic carbocycles. The van der Waals surface area contributed by atoms with Gasteiger partial charge in [0.2, 0.25) is 5.91 Å². The van der Waals surface area contributed by atoms with E-state index in [0.717, 1.165) is 37.1 Å². The molecule has 0 aromatic heterocycles. The normalized spacial score (nSPS) is 41.3. The summed E-state index contributed by atoms with van der Waals surface area (Å²) in [5, 5.41) is 3.12. The lowest BCUT2D eigenvalue weighted by molar-refractivity contribution is -0.129. The number of nitrogens with one attached hydrogen (secondary N) is 1. The number of hydrogen-bond acceptors (Lipinski definition) is 1. The summed E-state index contributed by atoms with van der Waals surface area (Å²) in [6.45, 7) is 2.95. The second kappa shape index (κ2) is 5.38. The van der Waals surface area contributed by atoms with Crippen molar-refractivity contribution in [3.05, 3.63) is 0 Å². The summed E-state index contributed by atoms with van der Waals surface area (Å²) in [4.78, 5) is 12.7. The molecule has 2 nitrogen and oxygen atoms in total. The molecular formula is C16H26BrNO. The van der Waals surface area contributed by atoms with Crippen molar-refractivity contribution in [2.24, 2.45) is 23.2 Å². The first-order valence-electron chi connectivity index (χ1n) is 7.95. The van der Waals surface area contributed by atoms with Gasteiger partial charge in [-0.2, -0.15) is 0 Å². The van der Waals surface area contributed by atoms with Gasteiger partial charge in [0, 0.05) is 17.8 Å². The molecule has 0 spiro atoms. The van der Waals surface area contributed by atoms with Gasteiger partial charge < -0.3 is 5.32 Å². The minimum Gasteiger partial charge on any atom is -0.356 e. The van der Waals surface area contributed by atoms with Crippen molar-refractivity contribution in [1.82, 2.24) is 5.32 Å². The van der Waals surface area contributed by atoms with Crippen LogP contribution < -0.4 is 5.32 Å². The van der Waals surface area contributed by atoms with E-state index in [1.807, 2.05) is 0 Å². The molecule has 4 saturated carbocycles. The monoisotopic (exact) mass is 327 g/mol. The largest absolute Gasteiger partial charge is 0.356 e. The molecule has 0 saturated heterocycles. The van der Waals surface area contributed by atoms with Crippen molar-refractivity contribution in [2.45, 2.75) is 63.1 Å². The smallest absolute Gasteiger partial charge is 0.220 e. The molecule has 0 aliphatic heterocycles. The fraction of sp³-hybridized carbons (Fsp3) is 0.938. The second-order valence-corrected chi connectivity index (χ2v) is 9.08. The van der Waals surface area contributed by atoms with Gasteiger partial charge in [0.25, 0.3) is 0 Å². The number of carbonyl (C=O) groups excluding carboxylic acids is 1. The van der Waals surface area contributed by atoms with E-state index in [9.17, 15) is 4.79 Å². The van der Waals surface area contributed by atoms with E-state index in [0.29, 0.717) is 16.1 Å². The van der Waals surface area contributed by atoms with Crippen LogP contribution in [0.15, 0.2) is 0 Å². The fourth-order valence-electron chi connectivity index (χ4n) is 5.32. The zero-order valence-electron chi connectivity index (χ0n) is 12.0. The summed E-state index contributed by atoms with van der Waals surface area (Å²) in [5.41, 5.74) is 0.388. The first kappa shape index (κ1) is 13.9. The Morgan fingerprint density at radius 1 is 1.21 bits per heavy atom. The van der Waals surface area contributed by atoms with Crippen LogP contribution in [0.25, 0.3) is 0 Å². The number of alkyl halides is 1. The van der Waals surface area contributed by atoms with E-state index in [1.54, 1.807) is 0 Å². The highest BCUT2D eigenvalue weighted by Gasteiger charge is 2.51. The molecule has 4 aliphatic rings. The summed E-state index contributed by atoms with van der Waals surface area (Å²) in [6, 6.07) is 0. The van der Waals surface area contributed by atoms with Gasteiger partial charge >= 0.3 is 0 Å². The van der Waals surface area contributed by atoms with Gasteiger partial charge in [0.15, 0.2) is 0 Å². The zero-order chi connectivity index (χ0) is 13.5. The lowest BCUT2D eigenvalue weighted by Gasteiger charge is -2.56. The molecule has 0 heterocycles. The third-order valence-electron chi connectivity index (χ3n) is 5.56. The van der Waals surface area contributed by atoms with Crippen LogP contribution in [0.3, 0.4) is 0 Å². The molecule has 108 valence electrons. The number of amides is 1. The first-order valence-corrected chi connectivity index (χ1v) is 8.87. The molecule has 4 rings (SSSR count). The molecule has 1 atom stereocenters. The predicted octanol–water partition coefficient (Wildman–Crippen LogP) is 3.88. The fourth-order valence-corrected chi connectivity index (χ4v) is 5.55. The maximum absolute atomic E-state index is 12.2. The number of rotatable bonds is 5. The summed E-state index contributed by atoms with van der Waals surface area (Å²) < 4.78 is 0. The van der Waals surface area contributed by atoms with Crippen molar-refractivity contribution in [3.8, 4) is 0 Å². The van der Waals surface area contributed by atoms with Gasteiger partial charge in [-0.15, -0.1) is 0 Å². The first-order chi connectivity index (χ1) is 9.05. The Kier molecular flexibility index (Phi) is 3.94. The Labute approximate surface area is 125 Å². The molecule has 1 unspecified atom stereocenters. The van der Waals surface area contributed by atoms with Gasteiger partial charge in [-0.3, -0.25) is 4.79 Å². The SMILES string of the molecule is CC(Br)CCNC(=O)CC12CC3CC(CC(C3)C1)C2. The molecular weight excluding hydrogens is 302 g/mol. The summed E-state index contributed by atoms with van der Waals surface area (Å²) in [7, 11) is 0. The number of carbonyl (C=O) groups is 1. The topological polar surface area (TPSA) is 29.1 Å². The Balaban J connectivity index is 1.53. The van der Waals surface area contributed by atoms with E-state index in [4.69, 9.17) is 0 Å². The molecule has 0 aromatic rings. The minimum absolute atomic E-state index is 0.301. The lowest BCUT2D eigenvalue weighted by Crippen LogP contribution is -2.48. The van der Waals surface area contributed by atoms with Crippen LogP contribution in [0.4, 0.5) is 0 Å². The van der Waals surface area contributed by atoms with Gasteiger partial charge in [-0.05, 0) is 68.1 Å². The Hall–Kier alpha value is -0.0500. The Bertz CT molecular complexity index is 317. The number of halogens is 1. The van der Waals surface area contributed by atoms with E-state index in [1.165, 1.54) is 38.5 Å². The lowest BCUT2D eigenvalue weighted by atomic mass is 9.49. The van der Waals surface area contributed by atoms with Crippen molar-refractivity contribution in [2.75, 3.05) is 6.54 Å². The minimum atomic E-state index is 0.301. The van der Waals surface area contributed by atoms with Crippen molar-refractivity contribution >= 4 is 21.8 Å². The second-order valence-electron chi connectivity index (χ2n) is 7.51. The standard InChI is InChI=1S/C16H26BrNO/c1-11(17)2-3-18-15(19)10-16-7-12-4-13(8-16)6-14(5-12)9-16/h11-14H,2-10H2,1H3,(H,18,19). The van der Waals surface area contributed by atoms with Crippen LogP contribution in [-0.4, -0.2) is 17.3 Å².